The molecule has 0 aliphatic carbocycles. The van der Waals surface area contributed by atoms with E-state index >= 15 is 0 Å². The topological polar surface area (TPSA) is 84.9 Å². The molecule has 7 nitrogen and oxygen atoms in total. The molecule has 0 atom stereocenters. The van der Waals surface area contributed by atoms with Crippen molar-refractivity contribution in [2.24, 2.45) is 0 Å². The first-order chi connectivity index (χ1) is 18.1. The molecule has 0 saturated carbocycles. The summed E-state index contributed by atoms with van der Waals surface area (Å²) in [6.45, 7) is 5.60. The Labute approximate surface area is 224 Å². The average molecular weight is 535 g/mol. The first-order valence-corrected chi connectivity index (χ1v) is 12.6. The highest BCUT2D eigenvalue weighted by molar-refractivity contribution is 8.18. The van der Waals surface area contributed by atoms with Gasteiger partial charge in [0.2, 0.25) is 5.91 Å². The van der Waals surface area contributed by atoms with Crippen LogP contribution in [-0.2, 0) is 16.2 Å². The molecule has 0 radical (unpaired) electrons. The normalized spacial score (nSPS) is 14.2. The van der Waals surface area contributed by atoms with Crippen molar-refractivity contribution >= 4 is 40.6 Å². The first kappa shape index (κ1) is 26.9. The van der Waals surface area contributed by atoms with E-state index < -0.39 is 17.1 Å². The number of hydrogen-bond donors (Lipinski definition) is 1. The monoisotopic (exact) mass is 534 g/mol. The predicted molar refractivity (Wildman–Crippen MR) is 146 cm³/mol. The van der Waals surface area contributed by atoms with Crippen LogP contribution >= 0.6 is 11.8 Å². The number of ether oxygens (including phenoxy) is 2. The number of methoxy groups -OCH3 is 1. The third kappa shape index (κ3) is 6.23. The summed E-state index contributed by atoms with van der Waals surface area (Å²) in [5.74, 6) is -0.406. The minimum absolute atomic E-state index is 0.201. The molecule has 0 aromatic heterocycles. The smallest absolute Gasteiger partial charge is 0.294 e. The largest absolute Gasteiger partial charge is 0.493 e. The summed E-state index contributed by atoms with van der Waals surface area (Å²) in [6.07, 6.45) is 1.57. The van der Waals surface area contributed by atoms with Gasteiger partial charge in [-0.2, -0.15) is 0 Å². The second kappa shape index (κ2) is 11.5. The molecule has 1 saturated heterocycles. The van der Waals surface area contributed by atoms with Crippen LogP contribution in [0.5, 0.6) is 11.5 Å². The molecule has 1 aliphatic rings. The number of nitrogens with zero attached hydrogens (tertiary/aromatic N) is 1. The summed E-state index contributed by atoms with van der Waals surface area (Å²) in [5, 5.41) is 2.31. The molecular weight excluding hydrogens is 507 g/mol. The molecule has 4 rings (SSSR count). The van der Waals surface area contributed by atoms with Crippen LogP contribution in [0.15, 0.2) is 59.5 Å². The fourth-order valence-corrected chi connectivity index (χ4v) is 4.96. The molecule has 3 amide bonds. The molecule has 196 valence electrons. The molecule has 0 spiro atoms. The van der Waals surface area contributed by atoms with Crippen molar-refractivity contribution in [3.05, 3.63) is 93.1 Å². The van der Waals surface area contributed by atoms with Crippen LogP contribution in [0.2, 0.25) is 0 Å². The number of halogens is 1. The number of nitrogens with one attached hydrogen (secondary N) is 1. The standard InChI is InChI=1S/C29H27FN2O5S/c1-17-11-18(2)27(19(3)12-17)31-26(33)15-32-28(34)25(38-29(32)35)14-21-7-10-23(24(13-21)36-4)37-16-20-5-8-22(30)9-6-20/h5-14H,15-16H2,1-4H3,(H,31,33)/b25-14-. The summed E-state index contributed by atoms with van der Waals surface area (Å²) in [6, 6.07) is 15.0. The number of thioether (sulfide) groups is 1. The Morgan fingerprint density at radius 2 is 1.68 bits per heavy atom. The number of anilines is 1. The van der Waals surface area contributed by atoms with Gasteiger partial charge in [0.05, 0.1) is 12.0 Å². The molecule has 1 N–H and O–H groups in total. The third-order valence-electron chi connectivity index (χ3n) is 5.91. The van der Waals surface area contributed by atoms with Crippen LogP contribution in [0, 0.1) is 26.6 Å². The Hall–Kier alpha value is -4.11. The lowest BCUT2D eigenvalue weighted by molar-refractivity contribution is -0.127. The molecule has 9 heteroatoms. The van der Waals surface area contributed by atoms with Gasteiger partial charge in [-0.3, -0.25) is 19.3 Å². The molecule has 1 aliphatic heterocycles. The lowest BCUT2D eigenvalue weighted by Crippen LogP contribution is -2.36. The zero-order valence-corrected chi connectivity index (χ0v) is 22.3. The highest BCUT2D eigenvalue weighted by Gasteiger charge is 2.36. The SMILES string of the molecule is COc1cc(/C=C2\SC(=O)N(CC(=O)Nc3c(C)cc(C)cc3C)C2=O)ccc1OCc1ccc(F)cc1. The van der Waals surface area contributed by atoms with Crippen LogP contribution in [0.4, 0.5) is 14.9 Å². The van der Waals surface area contributed by atoms with Gasteiger partial charge in [0, 0.05) is 5.69 Å². The first-order valence-electron chi connectivity index (χ1n) is 11.8. The minimum atomic E-state index is -0.539. The van der Waals surface area contributed by atoms with Crippen molar-refractivity contribution in [1.82, 2.24) is 4.90 Å². The van der Waals surface area contributed by atoms with Gasteiger partial charge in [-0.1, -0.05) is 35.9 Å². The van der Waals surface area contributed by atoms with E-state index in [9.17, 15) is 18.8 Å². The Kier molecular flexibility index (Phi) is 8.16. The summed E-state index contributed by atoms with van der Waals surface area (Å²) in [7, 11) is 1.49. The van der Waals surface area contributed by atoms with Crippen molar-refractivity contribution in [3.63, 3.8) is 0 Å². The van der Waals surface area contributed by atoms with E-state index in [1.807, 2.05) is 32.9 Å². The van der Waals surface area contributed by atoms with E-state index in [0.29, 0.717) is 22.7 Å². The van der Waals surface area contributed by atoms with E-state index in [1.54, 1.807) is 36.4 Å². The fourth-order valence-electron chi connectivity index (χ4n) is 4.12. The van der Waals surface area contributed by atoms with Crippen LogP contribution in [0.1, 0.15) is 27.8 Å². The number of hydrogen-bond acceptors (Lipinski definition) is 6. The van der Waals surface area contributed by atoms with E-state index in [0.717, 1.165) is 38.9 Å². The highest BCUT2D eigenvalue weighted by Crippen LogP contribution is 2.35. The number of aryl methyl sites for hydroxylation is 3. The second-order valence-electron chi connectivity index (χ2n) is 8.92. The van der Waals surface area contributed by atoms with Crippen LogP contribution in [-0.4, -0.2) is 35.6 Å². The van der Waals surface area contributed by atoms with Crippen molar-refractivity contribution in [2.75, 3.05) is 19.0 Å². The van der Waals surface area contributed by atoms with Gasteiger partial charge in [-0.25, -0.2) is 4.39 Å². The van der Waals surface area contributed by atoms with Gasteiger partial charge in [-0.15, -0.1) is 0 Å². The minimum Gasteiger partial charge on any atom is -0.493 e. The Morgan fingerprint density at radius 1 is 1.00 bits per heavy atom. The van der Waals surface area contributed by atoms with Crippen molar-refractivity contribution in [2.45, 2.75) is 27.4 Å². The highest BCUT2D eigenvalue weighted by atomic mass is 32.2. The molecule has 1 heterocycles. The van der Waals surface area contributed by atoms with Crippen molar-refractivity contribution in [1.29, 1.82) is 0 Å². The number of rotatable bonds is 8. The van der Waals surface area contributed by atoms with Crippen molar-refractivity contribution in [3.8, 4) is 11.5 Å². The predicted octanol–water partition coefficient (Wildman–Crippen LogP) is 6.01. The molecular formula is C29H27FN2O5S. The average Bonchev–Trinajstić information content (AvgIpc) is 3.13. The lowest BCUT2D eigenvalue weighted by atomic mass is 10.1. The Balaban J connectivity index is 1.43. The van der Waals surface area contributed by atoms with Crippen LogP contribution < -0.4 is 14.8 Å². The summed E-state index contributed by atoms with van der Waals surface area (Å²) in [5.41, 5.74) is 4.99. The maximum atomic E-state index is 13.1. The molecule has 0 bridgehead atoms. The zero-order valence-electron chi connectivity index (χ0n) is 21.5. The molecule has 38 heavy (non-hydrogen) atoms. The Bertz CT molecular complexity index is 1410. The van der Waals surface area contributed by atoms with Crippen molar-refractivity contribution < 1.29 is 28.2 Å². The summed E-state index contributed by atoms with van der Waals surface area (Å²) in [4.78, 5) is 39.3. The van der Waals surface area contributed by atoms with Gasteiger partial charge in [-0.05, 0) is 85.1 Å². The maximum Gasteiger partial charge on any atom is 0.294 e. The number of benzene rings is 3. The number of carbonyl (C=O) groups excluding carboxylic acids is 3. The van der Waals surface area contributed by atoms with Crippen LogP contribution in [0.3, 0.4) is 0 Å². The third-order valence-corrected chi connectivity index (χ3v) is 6.82. The Morgan fingerprint density at radius 3 is 2.34 bits per heavy atom. The molecule has 3 aromatic rings. The number of amides is 3. The number of imide groups is 1. The van der Waals surface area contributed by atoms with E-state index in [1.165, 1.54) is 19.2 Å². The van der Waals surface area contributed by atoms with Crippen LogP contribution in [0.25, 0.3) is 6.08 Å². The van der Waals surface area contributed by atoms with Gasteiger partial charge < -0.3 is 14.8 Å². The summed E-state index contributed by atoms with van der Waals surface area (Å²) >= 11 is 0.775. The summed E-state index contributed by atoms with van der Waals surface area (Å²) < 4.78 is 24.3. The number of carbonyl (C=O) groups is 3. The van der Waals surface area contributed by atoms with Gasteiger partial charge in [0.25, 0.3) is 11.1 Å². The van der Waals surface area contributed by atoms with E-state index in [4.69, 9.17) is 9.47 Å². The van der Waals surface area contributed by atoms with E-state index in [-0.39, 0.29) is 23.9 Å². The van der Waals surface area contributed by atoms with Gasteiger partial charge in [0.1, 0.15) is 19.0 Å². The lowest BCUT2D eigenvalue weighted by Gasteiger charge is -2.16. The maximum absolute atomic E-state index is 13.1. The zero-order chi connectivity index (χ0) is 27.4. The van der Waals surface area contributed by atoms with Gasteiger partial charge in [0.15, 0.2) is 11.5 Å². The molecule has 3 aromatic carbocycles. The quantitative estimate of drug-likeness (QED) is 0.356. The molecule has 0 unspecified atom stereocenters. The van der Waals surface area contributed by atoms with E-state index in [2.05, 4.69) is 5.32 Å². The second-order valence-corrected chi connectivity index (χ2v) is 9.91. The van der Waals surface area contributed by atoms with Gasteiger partial charge >= 0.3 is 0 Å². The fraction of sp³-hybridized carbons (Fsp3) is 0.207. The molecule has 1 fully saturated rings.